The van der Waals surface area contributed by atoms with Crippen LogP contribution in [0.25, 0.3) is 0 Å². The van der Waals surface area contributed by atoms with Crippen LogP contribution < -0.4 is 0 Å². The standard InChI is InChI=1S/C63H110O5/c1-4-7-10-13-16-19-22-25-28-31-32-34-36-39-42-45-48-51-54-57-63(65)68-60-61(66-58-55-52-49-46-43-40-37-30-27-24-21-18-15-12-9-6-3)59-67-62(64)56-53-50-47-44-41-38-35-33-29-26-23-20-17-14-11-8-5-2/h8,11,16-17,19-20,25-26,28-29,35,38,44,47,61H,4-7,9-10,12-15,18,21-24,27,30-34,36-37,39-43,45-46,48-60H2,1-3H3/b11-8-,19-16-,20-17-,28-25-,29-26-,38-35-,47-44-/t61-/m1/s1. The molecule has 392 valence electrons. The lowest BCUT2D eigenvalue weighted by Crippen LogP contribution is -2.29. The molecule has 0 amide bonds. The van der Waals surface area contributed by atoms with Gasteiger partial charge in [0.1, 0.15) is 19.3 Å². The molecule has 0 fully saturated rings. The van der Waals surface area contributed by atoms with Crippen molar-refractivity contribution in [2.45, 2.75) is 284 Å². The molecule has 0 bridgehead atoms. The lowest BCUT2D eigenvalue weighted by atomic mass is 10.0. The van der Waals surface area contributed by atoms with Crippen molar-refractivity contribution in [3.05, 3.63) is 85.1 Å². The van der Waals surface area contributed by atoms with E-state index in [9.17, 15) is 9.59 Å². The topological polar surface area (TPSA) is 61.8 Å². The highest BCUT2D eigenvalue weighted by molar-refractivity contribution is 5.69. The summed E-state index contributed by atoms with van der Waals surface area (Å²) in [5.41, 5.74) is 0. The molecule has 1 atom stereocenters. The van der Waals surface area contributed by atoms with Gasteiger partial charge in [-0.1, -0.05) is 260 Å². The van der Waals surface area contributed by atoms with E-state index in [0.29, 0.717) is 19.4 Å². The maximum atomic E-state index is 12.7. The van der Waals surface area contributed by atoms with Gasteiger partial charge in [0.05, 0.1) is 0 Å². The van der Waals surface area contributed by atoms with Crippen LogP contribution in [0.4, 0.5) is 0 Å². The Kier molecular flexibility index (Phi) is 55.9. The van der Waals surface area contributed by atoms with Gasteiger partial charge in [-0.05, 0) is 89.9 Å². The molecule has 0 aromatic rings. The molecule has 0 saturated heterocycles. The summed E-state index contributed by atoms with van der Waals surface area (Å²) in [6.45, 7) is 7.55. The molecule has 0 saturated carbocycles. The van der Waals surface area contributed by atoms with E-state index < -0.39 is 6.10 Å². The quantitative estimate of drug-likeness (QED) is 0.0345. The van der Waals surface area contributed by atoms with E-state index >= 15 is 0 Å². The Morgan fingerprint density at radius 1 is 0.324 bits per heavy atom. The van der Waals surface area contributed by atoms with Gasteiger partial charge in [0.15, 0.2) is 0 Å². The molecule has 0 aromatic carbocycles. The average molecular weight is 948 g/mol. The van der Waals surface area contributed by atoms with Crippen molar-refractivity contribution in [3.8, 4) is 0 Å². The summed E-state index contributed by atoms with van der Waals surface area (Å²) in [6.07, 6.45) is 77.7. The molecular weight excluding hydrogens is 837 g/mol. The molecule has 0 aromatic heterocycles. The van der Waals surface area contributed by atoms with Crippen molar-refractivity contribution in [1.82, 2.24) is 0 Å². The fourth-order valence-corrected chi connectivity index (χ4v) is 8.08. The van der Waals surface area contributed by atoms with Gasteiger partial charge in [-0.2, -0.15) is 0 Å². The molecule has 0 unspecified atom stereocenters. The summed E-state index contributed by atoms with van der Waals surface area (Å²) in [7, 11) is 0. The van der Waals surface area contributed by atoms with Gasteiger partial charge >= 0.3 is 11.9 Å². The monoisotopic (exact) mass is 947 g/mol. The number of allylic oxidation sites excluding steroid dienone is 14. The Morgan fingerprint density at radius 3 is 1.03 bits per heavy atom. The number of carbonyl (C=O) groups is 2. The number of carbonyl (C=O) groups excluding carboxylic acids is 2. The normalized spacial score (nSPS) is 12.8. The Hall–Kier alpha value is -2.92. The first-order chi connectivity index (χ1) is 33.6. The zero-order valence-electron chi connectivity index (χ0n) is 45.1. The maximum absolute atomic E-state index is 12.7. The van der Waals surface area contributed by atoms with Gasteiger partial charge in [-0.25, -0.2) is 0 Å². The molecule has 0 radical (unpaired) electrons. The fourth-order valence-electron chi connectivity index (χ4n) is 8.08. The van der Waals surface area contributed by atoms with Crippen LogP contribution in [0.3, 0.4) is 0 Å². The number of hydrogen-bond acceptors (Lipinski definition) is 5. The highest BCUT2D eigenvalue weighted by atomic mass is 16.6. The van der Waals surface area contributed by atoms with Crippen LogP contribution in [0.15, 0.2) is 85.1 Å². The molecular formula is C63H110O5. The van der Waals surface area contributed by atoms with Crippen molar-refractivity contribution in [3.63, 3.8) is 0 Å². The smallest absolute Gasteiger partial charge is 0.305 e. The van der Waals surface area contributed by atoms with Crippen LogP contribution >= 0.6 is 0 Å². The van der Waals surface area contributed by atoms with Crippen molar-refractivity contribution < 1.29 is 23.8 Å². The number of unbranched alkanes of at least 4 members (excludes halogenated alkanes) is 28. The molecule has 5 nitrogen and oxygen atoms in total. The predicted molar refractivity (Wildman–Crippen MR) is 297 cm³/mol. The molecule has 0 rings (SSSR count). The highest BCUT2D eigenvalue weighted by Gasteiger charge is 2.16. The van der Waals surface area contributed by atoms with E-state index in [1.807, 2.05) is 0 Å². The SMILES string of the molecule is CC/C=C\C/C=C\C/C=C\C/C=C\C/C=C\CCCC(=O)OC[C@H](COC(=O)CCCCCCCCCCC/C=C\C/C=C\CCCCC)OCCCCCCCCCCCCCCCCCC. The van der Waals surface area contributed by atoms with Crippen molar-refractivity contribution in [1.29, 1.82) is 0 Å². The minimum Gasteiger partial charge on any atom is -0.463 e. The molecule has 0 heterocycles. The van der Waals surface area contributed by atoms with Gasteiger partial charge in [-0.3, -0.25) is 9.59 Å². The molecule has 0 N–H and O–H groups in total. The number of ether oxygens (including phenoxy) is 3. The second kappa shape index (κ2) is 58.4. The highest BCUT2D eigenvalue weighted by Crippen LogP contribution is 2.15. The van der Waals surface area contributed by atoms with Crippen LogP contribution in [0.1, 0.15) is 278 Å². The predicted octanol–water partition coefficient (Wildman–Crippen LogP) is 20.0. The van der Waals surface area contributed by atoms with Gasteiger partial charge in [0.2, 0.25) is 0 Å². The van der Waals surface area contributed by atoms with Crippen molar-refractivity contribution >= 4 is 11.9 Å². The molecule has 0 aliphatic rings. The first-order valence-corrected chi connectivity index (χ1v) is 29.1. The Balaban J connectivity index is 4.33. The lowest BCUT2D eigenvalue weighted by Gasteiger charge is -2.18. The van der Waals surface area contributed by atoms with Crippen LogP contribution in [0, 0.1) is 0 Å². The van der Waals surface area contributed by atoms with Crippen LogP contribution in [-0.2, 0) is 23.8 Å². The number of hydrogen-bond donors (Lipinski definition) is 0. The maximum Gasteiger partial charge on any atom is 0.305 e. The third kappa shape index (κ3) is 55.7. The van der Waals surface area contributed by atoms with E-state index in [1.165, 1.54) is 167 Å². The summed E-state index contributed by atoms with van der Waals surface area (Å²) in [4.78, 5) is 25.3. The van der Waals surface area contributed by atoms with Gasteiger partial charge in [0.25, 0.3) is 0 Å². The zero-order chi connectivity index (χ0) is 49.2. The van der Waals surface area contributed by atoms with Crippen molar-refractivity contribution in [2.24, 2.45) is 0 Å². The third-order valence-corrected chi connectivity index (χ3v) is 12.5. The largest absolute Gasteiger partial charge is 0.463 e. The van der Waals surface area contributed by atoms with E-state index in [2.05, 4.69) is 106 Å². The van der Waals surface area contributed by atoms with Gasteiger partial charge < -0.3 is 14.2 Å². The van der Waals surface area contributed by atoms with Gasteiger partial charge in [0, 0.05) is 19.4 Å². The van der Waals surface area contributed by atoms with Crippen LogP contribution in [0.5, 0.6) is 0 Å². The van der Waals surface area contributed by atoms with Crippen LogP contribution in [0.2, 0.25) is 0 Å². The lowest BCUT2D eigenvalue weighted by molar-refractivity contribution is -0.155. The number of rotatable bonds is 53. The van der Waals surface area contributed by atoms with E-state index in [-0.39, 0.29) is 25.2 Å². The first-order valence-electron chi connectivity index (χ1n) is 29.1. The fraction of sp³-hybridized carbons (Fsp3) is 0.746. The summed E-state index contributed by atoms with van der Waals surface area (Å²) in [5, 5.41) is 0. The van der Waals surface area contributed by atoms with Gasteiger partial charge in [-0.15, -0.1) is 0 Å². The second-order valence-electron chi connectivity index (χ2n) is 19.2. The zero-order valence-corrected chi connectivity index (χ0v) is 45.1. The average Bonchev–Trinajstić information content (AvgIpc) is 3.34. The molecule has 0 aliphatic carbocycles. The molecule has 5 heteroatoms. The third-order valence-electron chi connectivity index (χ3n) is 12.5. The van der Waals surface area contributed by atoms with E-state index in [1.54, 1.807) is 0 Å². The Labute approximate surface area is 422 Å². The summed E-state index contributed by atoms with van der Waals surface area (Å²) in [5.74, 6) is -0.398. The Morgan fingerprint density at radius 2 is 0.618 bits per heavy atom. The van der Waals surface area contributed by atoms with E-state index in [4.69, 9.17) is 14.2 Å². The van der Waals surface area contributed by atoms with Crippen LogP contribution in [-0.4, -0.2) is 37.9 Å². The number of esters is 2. The summed E-state index contributed by atoms with van der Waals surface area (Å²) >= 11 is 0. The minimum absolute atomic E-state index is 0.125. The Bertz CT molecular complexity index is 1250. The summed E-state index contributed by atoms with van der Waals surface area (Å²) in [6, 6.07) is 0. The first kappa shape index (κ1) is 65.1. The summed E-state index contributed by atoms with van der Waals surface area (Å²) < 4.78 is 17.5. The second-order valence-corrected chi connectivity index (χ2v) is 19.2. The minimum atomic E-state index is -0.427. The molecule has 68 heavy (non-hydrogen) atoms. The molecule has 0 aliphatic heterocycles. The van der Waals surface area contributed by atoms with Crippen molar-refractivity contribution in [2.75, 3.05) is 19.8 Å². The molecule has 0 spiro atoms. The van der Waals surface area contributed by atoms with E-state index in [0.717, 1.165) is 77.0 Å².